The lowest BCUT2D eigenvalue weighted by Gasteiger charge is -2.39. The van der Waals surface area contributed by atoms with Crippen LogP contribution in [0.5, 0.6) is 0 Å². The molecule has 4 rings (SSSR count). The molecule has 0 aliphatic carbocycles. The van der Waals surface area contributed by atoms with E-state index >= 15 is 0 Å². The molecular formula is C21H25ClN2. The van der Waals surface area contributed by atoms with Crippen molar-refractivity contribution in [1.29, 1.82) is 0 Å². The van der Waals surface area contributed by atoms with Gasteiger partial charge in [0.25, 0.3) is 0 Å². The number of nitrogens with one attached hydrogen (secondary N) is 2. The van der Waals surface area contributed by atoms with E-state index in [2.05, 4.69) is 62.6 Å². The number of fused-ring (bicyclic) bond motifs is 2. The molecule has 0 saturated carbocycles. The van der Waals surface area contributed by atoms with Crippen LogP contribution in [0.3, 0.4) is 0 Å². The van der Waals surface area contributed by atoms with E-state index in [4.69, 9.17) is 11.6 Å². The van der Waals surface area contributed by atoms with Gasteiger partial charge in [-0.3, -0.25) is 0 Å². The third kappa shape index (κ3) is 2.39. The number of benzene rings is 2. The lowest BCUT2D eigenvalue weighted by molar-refractivity contribution is 0.454. The number of hydrogen-bond acceptors (Lipinski definition) is 2. The van der Waals surface area contributed by atoms with Gasteiger partial charge >= 0.3 is 0 Å². The molecule has 0 saturated heterocycles. The summed E-state index contributed by atoms with van der Waals surface area (Å²) >= 11 is 6.96. The Labute approximate surface area is 149 Å². The Balaban J connectivity index is 1.93. The lowest BCUT2D eigenvalue weighted by Crippen LogP contribution is -2.37. The number of rotatable bonds is 1. The van der Waals surface area contributed by atoms with E-state index in [1.165, 1.54) is 33.6 Å². The van der Waals surface area contributed by atoms with Crippen LogP contribution in [0.15, 0.2) is 24.3 Å². The molecular weight excluding hydrogens is 316 g/mol. The van der Waals surface area contributed by atoms with Crippen molar-refractivity contribution in [2.24, 2.45) is 0 Å². The highest BCUT2D eigenvalue weighted by Gasteiger charge is 2.33. The Morgan fingerprint density at radius 2 is 1.96 bits per heavy atom. The average molecular weight is 341 g/mol. The zero-order valence-corrected chi connectivity index (χ0v) is 15.6. The Morgan fingerprint density at radius 3 is 2.75 bits per heavy atom. The highest BCUT2D eigenvalue weighted by molar-refractivity contribution is 6.35. The maximum atomic E-state index is 6.96. The van der Waals surface area contributed by atoms with Gasteiger partial charge in [0.15, 0.2) is 0 Å². The van der Waals surface area contributed by atoms with Crippen molar-refractivity contribution >= 4 is 23.0 Å². The summed E-state index contributed by atoms with van der Waals surface area (Å²) in [5.41, 5.74) is 8.94. The zero-order chi connectivity index (χ0) is 17.1. The van der Waals surface area contributed by atoms with Crippen LogP contribution in [-0.2, 0) is 6.42 Å². The van der Waals surface area contributed by atoms with Crippen molar-refractivity contribution < 1.29 is 0 Å². The SMILES string of the molecule is Cc1cc(-c2cccc3c2NCC3)c(Cl)c2c1NC(C)(C)C[C@@H]2C. The molecule has 2 nitrogen and oxygen atoms in total. The van der Waals surface area contributed by atoms with Crippen LogP contribution in [0.1, 0.15) is 49.8 Å². The number of anilines is 2. The molecule has 0 aromatic heterocycles. The molecule has 0 amide bonds. The van der Waals surface area contributed by atoms with Crippen molar-refractivity contribution in [2.45, 2.75) is 52.0 Å². The summed E-state index contributed by atoms with van der Waals surface area (Å²) in [6.45, 7) is 10.0. The maximum absolute atomic E-state index is 6.96. The fourth-order valence-electron chi connectivity index (χ4n) is 4.46. The van der Waals surface area contributed by atoms with Crippen LogP contribution in [-0.4, -0.2) is 12.1 Å². The van der Waals surface area contributed by atoms with Crippen LogP contribution >= 0.6 is 11.6 Å². The van der Waals surface area contributed by atoms with Crippen molar-refractivity contribution in [3.05, 3.63) is 46.0 Å². The van der Waals surface area contributed by atoms with Crippen LogP contribution in [0, 0.1) is 6.92 Å². The highest BCUT2D eigenvalue weighted by atomic mass is 35.5. The van der Waals surface area contributed by atoms with Gasteiger partial charge in [-0.05, 0) is 62.3 Å². The monoisotopic (exact) mass is 340 g/mol. The second-order valence-corrected chi connectivity index (χ2v) is 8.35. The number of halogens is 1. The number of aryl methyl sites for hydroxylation is 1. The normalized spacial score (nSPS) is 20.8. The number of hydrogen-bond donors (Lipinski definition) is 2. The lowest BCUT2D eigenvalue weighted by atomic mass is 9.79. The minimum Gasteiger partial charge on any atom is -0.384 e. The molecule has 0 radical (unpaired) electrons. The second kappa shape index (κ2) is 5.42. The summed E-state index contributed by atoms with van der Waals surface area (Å²) < 4.78 is 0. The first-order valence-corrected chi connectivity index (χ1v) is 9.22. The highest BCUT2D eigenvalue weighted by Crippen LogP contribution is 2.49. The fraction of sp³-hybridized carbons (Fsp3) is 0.429. The summed E-state index contributed by atoms with van der Waals surface area (Å²) in [5, 5.41) is 8.16. The zero-order valence-electron chi connectivity index (χ0n) is 14.9. The Morgan fingerprint density at radius 1 is 1.17 bits per heavy atom. The van der Waals surface area contributed by atoms with Crippen LogP contribution in [0.4, 0.5) is 11.4 Å². The molecule has 2 aliphatic rings. The minimum absolute atomic E-state index is 0.109. The van der Waals surface area contributed by atoms with Crippen LogP contribution < -0.4 is 10.6 Å². The van der Waals surface area contributed by atoms with Gasteiger partial charge in [0, 0.05) is 34.6 Å². The molecule has 2 aliphatic heterocycles. The predicted octanol–water partition coefficient (Wildman–Crippen LogP) is 5.98. The van der Waals surface area contributed by atoms with Crippen molar-refractivity contribution in [3.63, 3.8) is 0 Å². The minimum atomic E-state index is 0.109. The smallest absolute Gasteiger partial charge is 0.0540 e. The van der Waals surface area contributed by atoms with E-state index in [9.17, 15) is 0 Å². The van der Waals surface area contributed by atoms with Crippen LogP contribution in [0.2, 0.25) is 5.02 Å². The van der Waals surface area contributed by atoms with Gasteiger partial charge in [0.05, 0.1) is 5.02 Å². The third-order valence-electron chi connectivity index (χ3n) is 5.41. The molecule has 2 N–H and O–H groups in total. The Kier molecular flexibility index (Phi) is 3.58. The molecule has 1 atom stereocenters. The fourth-order valence-corrected chi connectivity index (χ4v) is 4.90. The summed E-state index contributed by atoms with van der Waals surface area (Å²) in [6.07, 6.45) is 2.19. The van der Waals surface area contributed by atoms with E-state index in [1.54, 1.807) is 0 Å². The molecule has 0 fully saturated rings. The van der Waals surface area contributed by atoms with E-state index in [0.717, 1.165) is 30.0 Å². The second-order valence-electron chi connectivity index (χ2n) is 7.97. The van der Waals surface area contributed by atoms with Gasteiger partial charge < -0.3 is 10.6 Å². The molecule has 0 bridgehead atoms. The molecule has 0 spiro atoms. The van der Waals surface area contributed by atoms with Crippen LogP contribution in [0.25, 0.3) is 11.1 Å². The van der Waals surface area contributed by atoms with Gasteiger partial charge in [0.2, 0.25) is 0 Å². The van der Waals surface area contributed by atoms with Gasteiger partial charge in [-0.1, -0.05) is 36.7 Å². The first kappa shape index (κ1) is 15.8. The summed E-state index contributed by atoms with van der Waals surface area (Å²) in [6, 6.07) is 8.80. The largest absolute Gasteiger partial charge is 0.384 e. The summed E-state index contributed by atoms with van der Waals surface area (Å²) in [4.78, 5) is 0. The molecule has 126 valence electrons. The topological polar surface area (TPSA) is 24.1 Å². The van der Waals surface area contributed by atoms with E-state index in [-0.39, 0.29) is 5.54 Å². The first-order valence-electron chi connectivity index (χ1n) is 8.85. The first-order chi connectivity index (χ1) is 11.4. The van der Waals surface area contributed by atoms with Gasteiger partial charge in [-0.25, -0.2) is 0 Å². The number of para-hydroxylation sites is 1. The Hall–Kier alpha value is -1.67. The maximum Gasteiger partial charge on any atom is 0.0540 e. The van der Waals surface area contributed by atoms with Gasteiger partial charge in [-0.2, -0.15) is 0 Å². The van der Waals surface area contributed by atoms with Gasteiger partial charge in [0.1, 0.15) is 0 Å². The third-order valence-corrected chi connectivity index (χ3v) is 5.81. The molecule has 2 aromatic rings. The Bertz CT molecular complexity index is 823. The van der Waals surface area contributed by atoms with E-state index in [0.29, 0.717) is 5.92 Å². The molecule has 2 aromatic carbocycles. The van der Waals surface area contributed by atoms with Crippen molar-refractivity contribution in [2.75, 3.05) is 17.2 Å². The quantitative estimate of drug-likeness (QED) is 0.667. The average Bonchev–Trinajstić information content (AvgIpc) is 2.98. The predicted molar refractivity (Wildman–Crippen MR) is 105 cm³/mol. The summed E-state index contributed by atoms with van der Waals surface area (Å²) in [5.74, 6) is 0.451. The van der Waals surface area contributed by atoms with Crippen molar-refractivity contribution in [3.8, 4) is 11.1 Å². The molecule has 3 heteroatoms. The molecule has 0 unspecified atom stereocenters. The van der Waals surface area contributed by atoms with E-state index in [1.807, 2.05) is 0 Å². The van der Waals surface area contributed by atoms with Gasteiger partial charge in [-0.15, -0.1) is 0 Å². The standard InChI is InChI=1S/C21H25ClN2/c1-12-10-16(15-7-5-6-14-8-9-23-20(14)15)18(22)17-13(2)11-21(3,4)24-19(12)17/h5-7,10,13,23-24H,8-9,11H2,1-4H3/t13-/m0/s1. The summed E-state index contributed by atoms with van der Waals surface area (Å²) in [7, 11) is 0. The molecule has 24 heavy (non-hydrogen) atoms. The van der Waals surface area contributed by atoms with E-state index < -0.39 is 0 Å². The van der Waals surface area contributed by atoms with Crippen molar-refractivity contribution in [1.82, 2.24) is 0 Å². The molecule has 2 heterocycles.